The minimum Gasteiger partial charge on any atom is -0.355 e. The Balaban J connectivity index is 1.69. The summed E-state index contributed by atoms with van der Waals surface area (Å²) in [5.74, 6) is 0.878. The van der Waals surface area contributed by atoms with Crippen molar-refractivity contribution < 1.29 is 0 Å². The zero-order valence-corrected chi connectivity index (χ0v) is 10.8. The highest BCUT2D eigenvalue weighted by molar-refractivity contribution is 5.77. The summed E-state index contributed by atoms with van der Waals surface area (Å²) in [6.45, 7) is 5.52. The van der Waals surface area contributed by atoms with Crippen molar-refractivity contribution in [2.75, 3.05) is 25.0 Å². The Labute approximate surface area is 107 Å². The van der Waals surface area contributed by atoms with Gasteiger partial charge in [-0.1, -0.05) is 19.1 Å². The number of rotatable bonds is 3. The predicted molar refractivity (Wildman–Crippen MR) is 74.8 cm³/mol. The molecule has 0 saturated carbocycles. The van der Waals surface area contributed by atoms with E-state index in [1.165, 1.54) is 12.8 Å². The van der Waals surface area contributed by atoms with Gasteiger partial charge in [0, 0.05) is 13.1 Å². The molecule has 1 aromatic heterocycles. The number of nitrogens with one attached hydrogen (secondary N) is 3. The summed E-state index contributed by atoms with van der Waals surface area (Å²) >= 11 is 0. The van der Waals surface area contributed by atoms with Crippen molar-refractivity contribution in [1.82, 2.24) is 15.3 Å². The number of fused-ring (bicyclic) bond motifs is 1. The van der Waals surface area contributed by atoms with Crippen LogP contribution in [-0.4, -0.2) is 29.6 Å². The van der Waals surface area contributed by atoms with Gasteiger partial charge < -0.3 is 15.6 Å². The lowest BCUT2D eigenvalue weighted by atomic mass is 9.83. The van der Waals surface area contributed by atoms with Gasteiger partial charge in [0.05, 0.1) is 11.0 Å². The Kier molecular flexibility index (Phi) is 2.96. The zero-order chi connectivity index (χ0) is 12.4. The highest BCUT2D eigenvalue weighted by Crippen LogP contribution is 2.25. The van der Waals surface area contributed by atoms with E-state index < -0.39 is 0 Å². The lowest BCUT2D eigenvalue weighted by Gasteiger charge is -2.34. The van der Waals surface area contributed by atoms with Gasteiger partial charge in [-0.15, -0.1) is 0 Å². The number of piperidine rings is 1. The molecule has 1 aliphatic rings. The van der Waals surface area contributed by atoms with E-state index in [1.807, 2.05) is 18.2 Å². The average Bonchev–Trinajstić information content (AvgIpc) is 2.80. The smallest absolute Gasteiger partial charge is 0.201 e. The summed E-state index contributed by atoms with van der Waals surface area (Å²) < 4.78 is 0. The molecule has 1 fully saturated rings. The van der Waals surface area contributed by atoms with Crippen molar-refractivity contribution >= 4 is 17.0 Å². The third-order valence-electron chi connectivity index (χ3n) is 3.76. The molecule has 1 aromatic carbocycles. The van der Waals surface area contributed by atoms with E-state index in [0.717, 1.165) is 36.6 Å². The van der Waals surface area contributed by atoms with Gasteiger partial charge in [0.2, 0.25) is 5.95 Å². The Bertz CT molecular complexity index is 492. The van der Waals surface area contributed by atoms with E-state index in [0.29, 0.717) is 5.41 Å². The van der Waals surface area contributed by atoms with Crippen LogP contribution in [0.5, 0.6) is 0 Å². The number of H-pyrrole nitrogens is 1. The number of benzene rings is 1. The van der Waals surface area contributed by atoms with Crippen LogP contribution in [0.1, 0.15) is 19.8 Å². The van der Waals surface area contributed by atoms with Crippen LogP contribution in [-0.2, 0) is 0 Å². The topological polar surface area (TPSA) is 52.7 Å². The van der Waals surface area contributed by atoms with Crippen LogP contribution in [0.15, 0.2) is 24.3 Å². The number of hydrogen-bond donors (Lipinski definition) is 3. The average molecular weight is 244 g/mol. The Morgan fingerprint density at radius 1 is 1.39 bits per heavy atom. The van der Waals surface area contributed by atoms with Crippen molar-refractivity contribution in [3.8, 4) is 0 Å². The van der Waals surface area contributed by atoms with E-state index in [2.05, 4.69) is 33.6 Å². The van der Waals surface area contributed by atoms with Gasteiger partial charge in [-0.25, -0.2) is 4.98 Å². The molecule has 1 aliphatic heterocycles. The van der Waals surface area contributed by atoms with Crippen molar-refractivity contribution in [1.29, 1.82) is 0 Å². The van der Waals surface area contributed by atoms with Crippen molar-refractivity contribution in [3.63, 3.8) is 0 Å². The van der Waals surface area contributed by atoms with Crippen LogP contribution in [0.2, 0.25) is 0 Å². The summed E-state index contributed by atoms with van der Waals surface area (Å²) in [5, 5.41) is 6.91. The summed E-state index contributed by atoms with van der Waals surface area (Å²) in [6.07, 6.45) is 2.53. The fraction of sp³-hybridized carbons (Fsp3) is 0.500. The summed E-state index contributed by atoms with van der Waals surface area (Å²) in [7, 11) is 0. The van der Waals surface area contributed by atoms with E-state index >= 15 is 0 Å². The van der Waals surface area contributed by atoms with Gasteiger partial charge in [-0.2, -0.15) is 0 Å². The van der Waals surface area contributed by atoms with Crippen LogP contribution >= 0.6 is 0 Å². The molecule has 4 nitrogen and oxygen atoms in total. The molecule has 3 N–H and O–H groups in total. The van der Waals surface area contributed by atoms with Gasteiger partial charge >= 0.3 is 0 Å². The number of hydrogen-bond acceptors (Lipinski definition) is 3. The van der Waals surface area contributed by atoms with Gasteiger partial charge in [0.1, 0.15) is 0 Å². The first-order valence-corrected chi connectivity index (χ1v) is 6.65. The normalized spacial score (nSPS) is 24.3. The number of aromatic nitrogens is 2. The summed E-state index contributed by atoms with van der Waals surface area (Å²) in [6, 6.07) is 8.12. The van der Waals surface area contributed by atoms with Crippen LogP contribution in [0, 0.1) is 5.41 Å². The van der Waals surface area contributed by atoms with Crippen LogP contribution in [0.4, 0.5) is 5.95 Å². The molecule has 1 unspecified atom stereocenters. The molecule has 96 valence electrons. The van der Waals surface area contributed by atoms with E-state index in [9.17, 15) is 0 Å². The minimum atomic E-state index is 0.331. The van der Waals surface area contributed by atoms with E-state index in [-0.39, 0.29) is 0 Å². The summed E-state index contributed by atoms with van der Waals surface area (Å²) in [5.41, 5.74) is 2.44. The lowest BCUT2D eigenvalue weighted by Crippen LogP contribution is -2.42. The van der Waals surface area contributed by atoms with Crippen molar-refractivity contribution in [2.24, 2.45) is 5.41 Å². The SMILES string of the molecule is CC1(CNc2nc3ccccc3[nH]2)CCCNC1. The molecule has 0 amide bonds. The quantitative estimate of drug-likeness (QED) is 0.777. The fourth-order valence-corrected chi connectivity index (χ4v) is 2.60. The Morgan fingerprint density at radius 2 is 2.28 bits per heavy atom. The first-order valence-electron chi connectivity index (χ1n) is 6.65. The molecular formula is C14H20N4. The number of imidazole rings is 1. The van der Waals surface area contributed by atoms with Crippen LogP contribution < -0.4 is 10.6 Å². The van der Waals surface area contributed by atoms with Crippen molar-refractivity contribution in [2.45, 2.75) is 19.8 Å². The zero-order valence-electron chi connectivity index (χ0n) is 10.8. The number of nitrogens with zero attached hydrogens (tertiary/aromatic N) is 1. The lowest BCUT2D eigenvalue weighted by molar-refractivity contribution is 0.253. The Morgan fingerprint density at radius 3 is 3.06 bits per heavy atom. The number of aromatic amines is 1. The molecule has 1 atom stereocenters. The van der Waals surface area contributed by atoms with E-state index in [4.69, 9.17) is 0 Å². The van der Waals surface area contributed by atoms with Gasteiger partial charge in [-0.3, -0.25) is 0 Å². The maximum Gasteiger partial charge on any atom is 0.201 e. The van der Waals surface area contributed by atoms with E-state index in [1.54, 1.807) is 0 Å². The molecular weight excluding hydrogens is 224 g/mol. The second kappa shape index (κ2) is 4.61. The number of anilines is 1. The number of para-hydroxylation sites is 2. The van der Waals surface area contributed by atoms with Gasteiger partial charge in [0.25, 0.3) is 0 Å². The molecule has 18 heavy (non-hydrogen) atoms. The van der Waals surface area contributed by atoms with Crippen LogP contribution in [0.25, 0.3) is 11.0 Å². The first-order chi connectivity index (χ1) is 8.75. The first kappa shape index (κ1) is 11.5. The maximum absolute atomic E-state index is 4.54. The van der Waals surface area contributed by atoms with Gasteiger partial charge in [-0.05, 0) is 36.9 Å². The minimum absolute atomic E-state index is 0.331. The molecule has 2 heterocycles. The monoisotopic (exact) mass is 244 g/mol. The molecule has 1 saturated heterocycles. The third-order valence-corrected chi connectivity index (χ3v) is 3.76. The molecule has 0 spiro atoms. The summed E-state index contributed by atoms with van der Waals surface area (Å²) in [4.78, 5) is 7.85. The Hall–Kier alpha value is -1.55. The fourth-order valence-electron chi connectivity index (χ4n) is 2.60. The third kappa shape index (κ3) is 2.34. The second-order valence-corrected chi connectivity index (χ2v) is 5.55. The largest absolute Gasteiger partial charge is 0.355 e. The predicted octanol–water partition coefficient (Wildman–Crippen LogP) is 2.36. The van der Waals surface area contributed by atoms with Crippen molar-refractivity contribution in [3.05, 3.63) is 24.3 Å². The van der Waals surface area contributed by atoms with Crippen LogP contribution in [0.3, 0.4) is 0 Å². The second-order valence-electron chi connectivity index (χ2n) is 5.55. The highest BCUT2D eigenvalue weighted by Gasteiger charge is 2.26. The van der Waals surface area contributed by atoms with Gasteiger partial charge in [0.15, 0.2) is 0 Å². The molecule has 0 radical (unpaired) electrons. The molecule has 2 aromatic rings. The molecule has 0 bridgehead atoms. The maximum atomic E-state index is 4.54. The molecule has 0 aliphatic carbocycles. The molecule has 3 rings (SSSR count). The highest BCUT2D eigenvalue weighted by atomic mass is 15.1. The molecule has 4 heteroatoms. The standard InChI is InChI=1S/C14H20N4/c1-14(7-4-8-15-9-14)10-16-13-17-11-5-2-3-6-12(11)18-13/h2-3,5-6,15H,4,7-10H2,1H3,(H2,16,17,18).